The van der Waals surface area contributed by atoms with Crippen LogP contribution in [-0.2, 0) is 6.54 Å². The summed E-state index contributed by atoms with van der Waals surface area (Å²) >= 11 is 7.26. The van der Waals surface area contributed by atoms with Crippen molar-refractivity contribution in [2.45, 2.75) is 13.5 Å². The van der Waals surface area contributed by atoms with E-state index in [2.05, 4.69) is 15.5 Å². The first-order valence-electron chi connectivity index (χ1n) is 6.09. The number of carbonyl (C=O) groups is 1. The number of hydrogen-bond acceptors (Lipinski definition) is 6. The molecule has 8 heteroatoms. The Morgan fingerprint density at radius 3 is 3.05 bits per heavy atom. The molecule has 0 saturated carbocycles. The van der Waals surface area contributed by atoms with Crippen LogP contribution in [0.1, 0.15) is 21.4 Å². The molecule has 2 aromatic heterocycles. The van der Waals surface area contributed by atoms with Gasteiger partial charge in [0.15, 0.2) is 5.82 Å². The molecule has 0 aliphatic heterocycles. The van der Waals surface area contributed by atoms with Crippen molar-refractivity contribution in [3.05, 3.63) is 39.8 Å². The second-order valence-electron chi connectivity index (χ2n) is 4.40. The fourth-order valence-electron chi connectivity index (χ4n) is 1.91. The van der Waals surface area contributed by atoms with Gasteiger partial charge in [0.2, 0.25) is 5.89 Å². The van der Waals surface area contributed by atoms with Gasteiger partial charge in [-0.05, 0) is 25.1 Å². The lowest BCUT2D eigenvalue weighted by Crippen LogP contribution is -2.22. The van der Waals surface area contributed by atoms with Crippen LogP contribution in [0.25, 0.3) is 10.1 Å². The fraction of sp³-hybridized carbons (Fsp3) is 0.154. The van der Waals surface area contributed by atoms with Crippen molar-refractivity contribution in [2.75, 3.05) is 5.73 Å². The predicted octanol–water partition coefficient (Wildman–Crippen LogP) is 2.76. The van der Waals surface area contributed by atoms with E-state index in [4.69, 9.17) is 21.9 Å². The molecule has 0 saturated heterocycles. The topological polar surface area (TPSA) is 94.0 Å². The molecular formula is C13H11ClN4O2S. The number of benzene rings is 1. The Morgan fingerprint density at radius 1 is 1.52 bits per heavy atom. The molecule has 1 aromatic carbocycles. The number of carbonyl (C=O) groups excluding carboxylic acids is 1. The number of anilines is 1. The van der Waals surface area contributed by atoms with Crippen molar-refractivity contribution in [3.8, 4) is 0 Å². The van der Waals surface area contributed by atoms with Crippen molar-refractivity contribution in [2.24, 2.45) is 0 Å². The van der Waals surface area contributed by atoms with Crippen LogP contribution >= 0.6 is 22.9 Å². The Bertz CT molecular complexity index is 827. The summed E-state index contributed by atoms with van der Waals surface area (Å²) in [6.07, 6.45) is 0. The molecule has 3 rings (SSSR count). The first kappa shape index (κ1) is 13.8. The summed E-state index contributed by atoms with van der Waals surface area (Å²) in [5.41, 5.74) is 6.45. The number of halogens is 1. The summed E-state index contributed by atoms with van der Waals surface area (Å²) in [5.74, 6) is 0.597. The Balaban J connectivity index is 1.82. The van der Waals surface area contributed by atoms with Crippen LogP contribution in [0.4, 0.5) is 5.69 Å². The molecule has 0 spiro atoms. The molecular weight excluding hydrogens is 312 g/mol. The largest absolute Gasteiger partial charge is 0.397 e. The lowest BCUT2D eigenvalue weighted by molar-refractivity contribution is 0.0951. The van der Waals surface area contributed by atoms with Gasteiger partial charge in [0, 0.05) is 15.1 Å². The van der Waals surface area contributed by atoms with Crippen molar-refractivity contribution in [1.82, 2.24) is 15.5 Å². The van der Waals surface area contributed by atoms with E-state index >= 15 is 0 Å². The smallest absolute Gasteiger partial charge is 0.263 e. The molecule has 0 aliphatic carbocycles. The van der Waals surface area contributed by atoms with Gasteiger partial charge in [0.25, 0.3) is 5.91 Å². The van der Waals surface area contributed by atoms with E-state index in [0.29, 0.717) is 27.3 Å². The molecule has 2 heterocycles. The minimum Gasteiger partial charge on any atom is -0.397 e. The molecule has 0 aliphatic rings. The molecule has 0 unspecified atom stereocenters. The van der Waals surface area contributed by atoms with Crippen molar-refractivity contribution in [1.29, 1.82) is 0 Å². The zero-order valence-corrected chi connectivity index (χ0v) is 12.6. The van der Waals surface area contributed by atoms with Gasteiger partial charge in [0.1, 0.15) is 4.88 Å². The number of nitrogens with two attached hydrogens (primary N) is 1. The number of nitrogens with one attached hydrogen (secondary N) is 1. The molecule has 6 nitrogen and oxygen atoms in total. The van der Waals surface area contributed by atoms with Gasteiger partial charge >= 0.3 is 0 Å². The van der Waals surface area contributed by atoms with Crippen molar-refractivity contribution in [3.63, 3.8) is 0 Å². The second-order valence-corrected chi connectivity index (χ2v) is 5.89. The van der Waals surface area contributed by atoms with Gasteiger partial charge in [-0.25, -0.2) is 0 Å². The van der Waals surface area contributed by atoms with E-state index in [1.54, 1.807) is 19.1 Å². The minimum absolute atomic E-state index is 0.161. The highest BCUT2D eigenvalue weighted by Crippen LogP contribution is 2.35. The van der Waals surface area contributed by atoms with E-state index in [-0.39, 0.29) is 12.5 Å². The lowest BCUT2D eigenvalue weighted by Gasteiger charge is -2.00. The summed E-state index contributed by atoms with van der Waals surface area (Å²) in [7, 11) is 0. The number of fused-ring (bicyclic) bond motifs is 1. The van der Waals surface area contributed by atoms with Crippen LogP contribution in [-0.4, -0.2) is 16.0 Å². The molecule has 0 radical (unpaired) electrons. The third-order valence-electron chi connectivity index (χ3n) is 2.86. The molecule has 3 N–H and O–H groups in total. The number of aryl methyl sites for hydroxylation is 1. The molecule has 108 valence electrons. The Morgan fingerprint density at radius 2 is 2.33 bits per heavy atom. The highest BCUT2D eigenvalue weighted by atomic mass is 35.5. The van der Waals surface area contributed by atoms with Gasteiger partial charge in [0.05, 0.1) is 12.2 Å². The monoisotopic (exact) mass is 322 g/mol. The summed E-state index contributed by atoms with van der Waals surface area (Å²) < 4.78 is 5.85. The SMILES string of the molecule is Cc1noc(CNC(=O)c2sc3ccc(Cl)cc3c2N)n1. The Labute approximate surface area is 128 Å². The maximum Gasteiger partial charge on any atom is 0.263 e. The number of nitrogen functional groups attached to an aromatic ring is 1. The maximum absolute atomic E-state index is 12.2. The van der Waals surface area contributed by atoms with Crippen LogP contribution in [0.2, 0.25) is 5.02 Å². The van der Waals surface area contributed by atoms with Crippen LogP contribution in [0, 0.1) is 6.92 Å². The predicted molar refractivity (Wildman–Crippen MR) is 81.5 cm³/mol. The molecule has 3 aromatic rings. The highest BCUT2D eigenvalue weighted by Gasteiger charge is 2.17. The summed E-state index contributed by atoms with van der Waals surface area (Å²) in [6, 6.07) is 5.36. The Kier molecular flexibility index (Phi) is 3.52. The van der Waals surface area contributed by atoms with Gasteiger partial charge in [-0.2, -0.15) is 4.98 Å². The van der Waals surface area contributed by atoms with Crippen LogP contribution in [0.5, 0.6) is 0 Å². The first-order chi connectivity index (χ1) is 10.0. The van der Waals surface area contributed by atoms with E-state index in [0.717, 1.165) is 10.1 Å². The average molecular weight is 323 g/mol. The van der Waals surface area contributed by atoms with Gasteiger partial charge in [-0.15, -0.1) is 11.3 Å². The van der Waals surface area contributed by atoms with E-state index < -0.39 is 0 Å². The molecule has 0 fully saturated rings. The van der Waals surface area contributed by atoms with Gasteiger partial charge < -0.3 is 15.6 Å². The summed E-state index contributed by atoms with van der Waals surface area (Å²) in [5, 5.41) is 7.73. The summed E-state index contributed by atoms with van der Waals surface area (Å²) in [6.45, 7) is 1.87. The van der Waals surface area contributed by atoms with Crippen molar-refractivity contribution < 1.29 is 9.32 Å². The van der Waals surface area contributed by atoms with Gasteiger partial charge in [-0.1, -0.05) is 16.8 Å². The maximum atomic E-state index is 12.2. The normalized spacial score (nSPS) is 11.0. The van der Waals surface area contributed by atoms with E-state index in [9.17, 15) is 4.79 Å². The first-order valence-corrected chi connectivity index (χ1v) is 7.29. The number of amides is 1. The molecule has 1 amide bonds. The highest BCUT2D eigenvalue weighted by molar-refractivity contribution is 7.21. The van der Waals surface area contributed by atoms with Crippen LogP contribution < -0.4 is 11.1 Å². The zero-order chi connectivity index (χ0) is 15.0. The van der Waals surface area contributed by atoms with Gasteiger partial charge in [-0.3, -0.25) is 4.79 Å². The zero-order valence-electron chi connectivity index (χ0n) is 11.0. The fourth-order valence-corrected chi connectivity index (χ4v) is 3.10. The molecule has 0 atom stereocenters. The molecule has 0 bridgehead atoms. The third kappa shape index (κ3) is 2.70. The van der Waals surface area contributed by atoms with E-state index in [1.807, 2.05) is 6.07 Å². The van der Waals surface area contributed by atoms with Crippen LogP contribution in [0.15, 0.2) is 22.7 Å². The minimum atomic E-state index is -0.277. The number of aromatic nitrogens is 2. The number of hydrogen-bond donors (Lipinski definition) is 2. The standard InChI is InChI=1S/C13H11ClN4O2S/c1-6-17-10(20-18-6)5-16-13(19)12-11(15)8-4-7(14)2-3-9(8)21-12/h2-4H,5,15H2,1H3,(H,16,19). The number of nitrogens with zero attached hydrogens (tertiary/aromatic N) is 2. The van der Waals surface area contributed by atoms with Crippen LogP contribution in [0.3, 0.4) is 0 Å². The third-order valence-corrected chi connectivity index (χ3v) is 4.28. The number of rotatable bonds is 3. The summed E-state index contributed by atoms with van der Waals surface area (Å²) in [4.78, 5) is 16.7. The quantitative estimate of drug-likeness (QED) is 0.773. The number of thiophene rings is 1. The van der Waals surface area contributed by atoms with E-state index in [1.165, 1.54) is 11.3 Å². The Hall–Kier alpha value is -2.12. The molecule has 21 heavy (non-hydrogen) atoms. The second kappa shape index (κ2) is 5.34. The lowest BCUT2D eigenvalue weighted by atomic mass is 10.2. The average Bonchev–Trinajstić information content (AvgIpc) is 3.01. The van der Waals surface area contributed by atoms with Crippen molar-refractivity contribution >= 4 is 44.6 Å².